The van der Waals surface area contributed by atoms with Crippen molar-refractivity contribution in [3.05, 3.63) is 0 Å². The molecule has 1 rings (SSSR count). The molecule has 1 aliphatic heterocycles. The molecule has 0 aromatic carbocycles. The summed E-state index contributed by atoms with van der Waals surface area (Å²) in [6, 6.07) is -0.222. The summed E-state index contributed by atoms with van der Waals surface area (Å²) in [6.45, 7) is 7.06. The van der Waals surface area contributed by atoms with E-state index in [9.17, 15) is 4.79 Å². The highest BCUT2D eigenvalue weighted by Crippen LogP contribution is 2.10. The number of nitrogens with one attached hydrogen (secondary N) is 1. The maximum Gasteiger partial charge on any atom is 0.239 e. The largest absolute Gasteiger partial charge is 0.393 e. The van der Waals surface area contributed by atoms with Crippen LogP contribution in [0, 0.1) is 5.92 Å². The van der Waals surface area contributed by atoms with E-state index in [0.29, 0.717) is 31.3 Å². The van der Waals surface area contributed by atoms with Crippen LogP contribution in [0.15, 0.2) is 0 Å². The lowest BCUT2D eigenvalue weighted by Crippen LogP contribution is -2.55. The Morgan fingerprint density at radius 3 is 3.00 bits per heavy atom. The number of morpholine rings is 1. The summed E-state index contributed by atoms with van der Waals surface area (Å²) in [5.41, 5.74) is 5.61. The van der Waals surface area contributed by atoms with Gasteiger partial charge in [-0.3, -0.25) is 9.69 Å². The molecule has 0 aliphatic carbocycles. The monoisotopic (exact) mass is 259 g/mol. The number of carbonyl (C=O) groups is 1. The second-order valence-electron chi connectivity index (χ2n) is 4.28. The van der Waals surface area contributed by atoms with Crippen LogP contribution in [-0.2, 0) is 9.53 Å². The van der Waals surface area contributed by atoms with Gasteiger partial charge in [-0.1, -0.05) is 19.1 Å². The summed E-state index contributed by atoms with van der Waals surface area (Å²) in [7, 11) is 0. The van der Waals surface area contributed by atoms with Gasteiger partial charge < -0.3 is 15.8 Å². The van der Waals surface area contributed by atoms with E-state index in [1.807, 2.05) is 13.8 Å². The molecule has 98 valence electrons. The minimum absolute atomic E-state index is 0.0161. The fourth-order valence-electron chi connectivity index (χ4n) is 1.83. The number of amides is 1. The highest BCUT2D eigenvalue weighted by atomic mass is 32.1. The standard InChI is InChI=1S/C11H21N3O2S/c1-3-13-11(15)9-7-16-5-4-14(9)6-8(2)10(12)17/h8-9H,3-7H2,1-2H3,(H2,12,17)(H,13,15). The SMILES string of the molecule is CCNC(=O)C1COCCN1CC(C)C(N)=S. The van der Waals surface area contributed by atoms with E-state index >= 15 is 0 Å². The number of thiocarbonyl (C=S) groups is 1. The van der Waals surface area contributed by atoms with Crippen LogP contribution in [0.3, 0.4) is 0 Å². The number of nitrogens with two attached hydrogens (primary N) is 1. The van der Waals surface area contributed by atoms with Gasteiger partial charge in [-0.05, 0) is 6.92 Å². The molecule has 6 heteroatoms. The van der Waals surface area contributed by atoms with Gasteiger partial charge in [0, 0.05) is 25.6 Å². The van der Waals surface area contributed by atoms with E-state index in [1.54, 1.807) is 0 Å². The van der Waals surface area contributed by atoms with Crippen molar-refractivity contribution in [2.45, 2.75) is 19.9 Å². The Kier molecular flexibility index (Phi) is 5.80. The summed E-state index contributed by atoms with van der Waals surface area (Å²) >= 11 is 4.96. The Morgan fingerprint density at radius 2 is 2.41 bits per heavy atom. The molecule has 1 amide bonds. The number of likely N-dealkylation sites (N-methyl/N-ethyl adjacent to an activating group) is 1. The Morgan fingerprint density at radius 1 is 1.71 bits per heavy atom. The minimum atomic E-state index is -0.222. The summed E-state index contributed by atoms with van der Waals surface area (Å²) < 4.78 is 5.36. The molecule has 0 saturated carbocycles. The second kappa shape index (κ2) is 6.88. The van der Waals surface area contributed by atoms with Crippen LogP contribution in [-0.4, -0.2) is 54.7 Å². The lowest BCUT2D eigenvalue weighted by atomic mass is 10.1. The number of nitrogens with zero attached hydrogens (tertiary/aromatic N) is 1. The zero-order valence-electron chi connectivity index (χ0n) is 10.4. The molecular weight excluding hydrogens is 238 g/mol. The van der Waals surface area contributed by atoms with E-state index in [1.165, 1.54) is 0 Å². The number of rotatable bonds is 5. The van der Waals surface area contributed by atoms with Crippen LogP contribution < -0.4 is 11.1 Å². The Hall–Kier alpha value is -0.720. The van der Waals surface area contributed by atoms with Gasteiger partial charge in [0.2, 0.25) is 5.91 Å². The van der Waals surface area contributed by atoms with Gasteiger partial charge in [-0.25, -0.2) is 0 Å². The Bertz CT molecular complexity index is 286. The van der Waals surface area contributed by atoms with Gasteiger partial charge in [-0.2, -0.15) is 0 Å². The third-order valence-corrected chi connectivity index (χ3v) is 3.29. The molecule has 0 radical (unpaired) electrons. The van der Waals surface area contributed by atoms with Crippen molar-refractivity contribution in [1.82, 2.24) is 10.2 Å². The molecule has 5 nitrogen and oxygen atoms in total. The van der Waals surface area contributed by atoms with Gasteiger partial charge in [0.25, 0.3) is 0 Å². The van der Waals surface area contributed by atoms with Crippen molar-refractivity contribution < 1.29 is 9.53 Å². The first-order valence-corrected chi connectivity index (χ1v) is 6.36. The first kappa shape index (κ1) is 14.3. The first-order valence-electron chi connectivity index (χ1n) is 5.95. The predicted molar refractivity (Wildman–Crippen MR) is 70.8 cm³/mol. The van der Waals surface area contributed by atoms with Crippen molar-refractivity contribution in [3.63, 3.8) is 0 Å². The maximum atomic E-state index is 11.9. The molecule has 1 aliphatic rings. The fourth-order valence-corrected chi connectivity index (χ4v) is 1.91. The fraction of sp³-hybridized carbons (Fsp3) is 0.818. The summed E-state index contributed by atoms with van der Waals surface area (Å²) in [5.74, 6) is 0.127. The van der Waals surface area contributed by atoms with Gasteiger partial charge >= 0.3 is 0 Å². The predicted octanol–water partition coefficient (Wildman–Crippen LogP) is -0.254. The molecule has 0 aromatic heterocycles. The minimum Gasteiger partial charge on any atom is -0.393 e. The van der Waals surface area contributed by atoms with E-state index < -0.39 is 0 Å². The van der Waals surface area contributed by atoms with E-state index in [-0.39, 0.29) is 17.9 Å². The highest BCUT2D eigenvalue weighted by molar-refractivity contribution is 7.80. The van der Waals surface area contributed by atoms with Crippen molar-refractivity contribution >= 4 is 23.1 Å². The average molecular weight is 259 g/mol. The van der Waals surface area contributed by atoms with Crippen LogP contribution in [0.2, 0.25) is 0 Å². The van der Waals surface area contributed by atoms with Gasteiger partial charge in [0.1, 0.15) is 6.04 Å². The van der Waals surface area contributed by atoms with E-state index in [2.05, 4.69) is 10.2 Å². The van der Waals surface area contributed by atoms with Crippen LogP contribution in [0.5, 0.6) is 0 Å². The van der Waals surface area contributed by atoms with Gasteiger partial charge in [0.05, 0.1) is 18.2 Å². The van der Waals surface area contributed by atoms with Crippen LogP contribution >= 0.6 is 12.2 Å². The molecule has 1 fully saturated rings. The van der Waals surface area contributed by atoms with Crippen molar-refractivity contribution in [3.8, 4) is 0 Å². The third-order valence-electron chi connectivity index (χ3n) is 2.89. The molecule has 17 heavy (non-hydrogen) atoms. The zero-order valence-corrected chi connectivity index (χ0v) is 11.3. The summed E-state index contributed by atoms with van der Waals surface area (Å²) in [4.78, 5) is 14.5. The molecule has 1 heterocycles. The van der Waals surface area contributed by atoms with Gasteiger partial charge in [0.15, 0.2) is 0 Å². The molecule has 3 N–H and O–H groups in total. The Balaban J connectivity index is 2.59. The van der Waals surface area contributed by atoms with E-state index in [0.717, 1.165) is 6.54 Å². The average Bonchev–Trinajstić information content (AvgIpc) is 2.29. The first-order chi connectivity index (χ1) is 8.06. The number of hydrogen-bond acceptors (Lipinski definition) is 4. The third kappa shape index (κ3) is 4.22. The van der Waals surface area contributed by atoms with Crippen molar-refractivity contribution in [1.29, 1.82) is 0 Å². The lowest BCUT2D eigenvalue weighted by molar-refractivity contribution is -0.132. The quantitative estimate of drug-likeness (QED) is 0.666. The van der Waals surface area contributed by atoms with Crippen LogP contribution in [0.1, 0.15) is 13.8 Å². The number of carbonyl (C=O) groups excluding carboxylic acids is 1. The highest BCUT2D eigenvalue weighted by Gasteiger charge is 2.30. The van der Waals surface area contributed by atoms with Crippen LogP contribution in [0.25, 0.3) is 0 Å². The maximum absolute atomic E-state index is 11.9. The molecule has 0 aromatic rings. The number of hydrogen-bond donors (Lipinski definition) is 2. The normalized spacial score (nSPS) is 23.1. The molecule has 2 atom stereocenters. The second-order valence-corrected chi connectivity index (χ2v) is 4.76. The summed E-state index contributed by atoms with van der Waals surface area (Å²) in [6.07, 6.45) is 0. The lowest BCUT2D eigenvalue weighted by Gasteiger charge is -2.35. The zero-order chi connectivity index (χ0) is 12.8. The van der Waals surface area contributed by atoms with Gasteiger partial charge in [-0.15, -0.1) is 0 Å². The van der Waals surface area contributed by atoms with Crippen LogP contribution in [0.4, 0.5) is 0 Å². The molecule has 1 saturated heterocycles. The smallest absolute Gasteiger partial charge is 0.239 e. The molecular formula is C11H21N3O2S. The number of ether oxygens (including phenoxy) is 1. The summed E-state index contributed by atoms with van der Waals surface area (Å²) in [5, 5.41) is 2.82. The Labute approximate surface area is 108 Å². The van der Waals surface area contributed by atoms with Crippen molar-refractivity contribution in [2.24, 2.45) is 11.7 Å². The molecule has 0 bridgehead atoms. The topological polar surface area (TPSA) is 67.6 Å². The van der Waals surface area contributed by atoms with Crippen molar-refractivity contribution in [2.75, 3.05) is 32.8 Å². The van der Waals surface area contributed by atoms with E-state index in [4.69, 9.17) is 22.7 Å². The molecule has 2 unspecified atom stereocenters. The molecule has 0 spiro atoms.